The van der Waals surface area contributed by atoms with E-state index in [4.69, 9.17) is 0 Å². The van der Waals surface area contributed by atoms with Crippen LogP contribution in [0.4, 0.5) is 4.39 Å². The zero-order valence-electron chi connectivity index (χ0n) is 16.2. The van der Waals surface area contributed by atoms with Crippen molar-refractivity contribution in [2.75, 3.05) is 6.54 Å². The van der Waals surface area contributed by atoms with Gasteiger partial charge in [-0.1, -0.05) is 18.2 Å². The average molecular weight is 389 g/mol. The van der Waals surface area contributed by atoms with E-state index in [1.807, 2.05) is 49.1 Å². The van der Waals surface area contributed by atoms with Crippen molar-refractivity contribution < 1.29 is 4.39 Å². The molecule has 0 aliphatic carbocycles. The van der Waals surface area contributed by atoms with E-state index in [1.54, 1.807) is 24.5 Å². The number of benzene rings is 1. The van der Waals surface area contributed by atoms with Gasteiger partial charge >= 0.3 is 0 Å². The summed E-state index contributed by atoms with van der Waals surface area (Å²) in [7, 11) is 0. The summed E-state index contributed by atoms with van der Waals surface area (Å²) in [6.45, 7) is 3.24. The summed E-state index contributed by atoms with van der Waals surface area (Å²) >= 11 is 0. The molecule has 5 nitrogen and oxygen atoms in total. The molecule has 0 aliphatic heterocycles. The minimum Gasteiger partial charge on any atom is -0.337 e. The third-order valence-corrected chi connectivity index (χ3v) is 4.86. The van der Waals surface area contributed by atoms with E-state index < -0.39 is 0 Å². The Morgan fingerprint density at radius 2 is 1.90 bits per heavy atom. The van der Waals surface area contributed by atoms with Crippen LogP contribution in [-0.4, -0.2) is 30.5 Å². The zero-order chi connectivity index (χ0) is 19.9. The molecule has 0 bridgehead atoms. The van der Waals surface area contributed by atoms with Gasteiger partial charge in [-0.05, 0) is 48.4 Å². The van der Waals surface area contributed by atoms with Crippen molar-refractivity contribution in [1.29, 1.82) is 0 Å². The Balaban J connectivity index is 1.49. The molecule has 6 heteroatoms. The second-order valence-electron chi connectivity index (χ2n) is 7.05. The molecular weight excluding hydrogens is 365 g/mol. The average Bonchev–Trinajstić information content (AvgIpc) is 3.41. The summed E-state index contributed by atoms with van der Waals surface area (Å²) in [4.78, 5) is 10.9. The van der Waals surface area contributed by atoms with Crippen LogP contribution in [0.2, 0.25) is 0 Å². The molecule has 0 amide bonds. The van der Waals surface area contributed by atoms with Crippen LogP contribution in [0.3, 0.4) is 0 Å². The summed E-state index contributed by atoms with van der Waals surface area (Å²) in [5.41, 5.74) is 2.13. The van der Waals surface area contributed by atoms with Crippen LogP contribution in [0, 0.1) is 5.82 Å². The van der Waals surface area contributed by atoms with Crippen LogP contribution in [0.1, 0.15) is 17.7 Å². The van der Waals surface area contributed by atoms with Crippen molar-refractivity contribution in [3.8, 4) is 5.82 Å². The lowest BCUT2D eigenvalue weighted by molar-refractivity contribution is 0.244. The number of aromatic nitrogens is 4. The van der Waals surface area contributed by atoms with E-state index in [1.165, 1.54) is 6.07 Å². The first-order valence-corrected chi connectivity index (χ1v) is 9.78. The monoisotopic (exact) mass is 389 g/mol. The second kappa shape index (κ2) is 9.30. The van der Waals surface area contributed by atoms with Crippen LogP contribution < -0.4 is 0 Å². The standard InChI is InChI=1S/C23H24FN5/c24-21-7-3-6-20(16-21)17-28(13-5-12-27-15-11-25-19-27)18-22-8-4-14-29(22)23-9-1-2-10-26-23/h1-4,6-11,14-16,19H,5,12-13,17-18H2. The van der Waals surface area contributed by atoms with Gasteiger partial charge in [0.15, 0.2) is 0 Å². The molecule has 0 unspecified atom stereocenters. The Labute approximate surface area is 170 Å². The number of hydrogen-bond donors (Lipinski definition) is 0. The molecule has 0 spiro atoms. The number of pyridine rings is 1. The predicted molar refractivity (Wildman–Crippen MR) is 111 cm³/mol. The maximum absolute atomic E-state index is 13.7. The minimum absolute atomic E-state index is 0.197. The highest BCUT2D eigenvalue weighted by Gasteiger charge is 2.12. The third-order valence-electron chi connectivity index (χ3n) is 4.86. The van der Waals surface area contributed by atoms with Gasteiger partial charge in [0.1, 0.15) is 11.6 Å². The van der Waals surface area contributed by atoms with E-state index in [2.05, 4.69) is 30.1 Å². The van der Waals surface area contributed by atoms with Crippen LogP contribution in [0.15, 0.2) is 85.7 Å². The van der Waals surface area contributed by atoms with Gasteiger partial charge in [-0.3, -0.25) is 4.90 Å². The first-order valence-electron chi connectivity index (χ1n) is 9.78. The quantitative estimate of drug-likeness (QED) is 0.428. The highest BCUT2D eigenvalue weighted by molar-refractivity contribution is 5.27. The molecule has 4 aromatic rings. The van der Waals surface area contributed by atoms with Crippen molar-refractivity contribution in [1.82, 2.24) is 24.0 Å². The Kier molecular flexibility index (Phi) is 6.12. The molecule has 0 N–H and O–H groups in total. The molecule has 0 aliphatic rings. The third kappa shape index (κ3) is 5.18. The fourth-order valence-electron chi connectivity index (χ4n) is 3.50. The first-order chi connectivity index (χ1) is 14.3. The maximum atomic E-state index is 13.7. The summed E-state index contributed by atoms with van der Waals surface area (Å²) < 4.78 is 17.9. The smallest absolute Gasteiger partial charge is 0.136 e. The molecule has 4 rings (SSSR count). The fraction of sp³-hybridized carbons (Fsp3) is 0.217. The number of imidazole rings is 1. The molecular formula is C23H24FN5. The van der Waals surface area contributed by atoms with E-state index in [0.29, 0.717) is 6.54 Å². The first kappa shape index (κ1) is 19.1. The van der Waals surface area contributed by atoms with Crippen LogP contribution in [0.5, 0.6) is 0 Å². The highest BCUT2D eigenvalue weighted by atomic mass is 19.1. The lowest BCUT2D eigenvalue weighted by Crippen LogP contribution is -2.26. The molecule has 0 atom stereocenters. The molecule has 0 radical (unpaired) electrons. The Bertz CT molecular complexity index is 1010. The zero-order valence-corrected chi connectivity index (χ0v) is 16.2. The molecule has 3 heterocycles. The number of aryl methyl sites for hydroxylation is 1. The summed E-state index contributed by atoms with van der Waals surface area (Å²) in [6, 6.07) is 16.9. The summed E-state index contributed by atoms with van der Waals surface area (Å²) in [6.07, 6.45) is 10.4. The Morgan fingerprint density at radius 3 is 2.69 bits per heavy atom. The van der Waals surface area contributed by atoms with E-state index in [9.17, 15) is 4.39 Å². The topological polar surface area (TPSA) is 38.9 Å². The molecule has 1 aromatic carbocycles. The highest BCUT2D eigenvalue weighted by Crippen LogP contribution is 2.16. The van der Waals surface area contributed by atoms with Crippen LogP contribution in [0.25, 0.3) is 5.82 Å². The van der Waals surface area contributed by atoms with Gasteiger partial charge in [0.25, 0.3) is 0 Å². The van der Waals surface area contributed by atoms with Crippen LogP contribution in [-0.2, 0) is 19.6 Å². The van der Waals surface area contributed by atoms with Gasteiger partial charge in [0.05, 0.1) is 6.33 Å². The van der Waals surface area contributed by atoms with Crippen molar-refractivity contribution in [3.63, 3.8) is 0 Å². The van der Waals surface area contributed by atoms with Gasteiger partial charge in [-0.25, -0.2) is 14.4 Å². The van der Waals surface area contributed by atoms with Gasteiger partial charge in [0, 0.05) is 56.7 Å². The minimum atomic E-state index is -0.197. The molecule has 29 heavy (non-hydrogen) atoms. The molecule has 148 valence electrons. The number of rotatable bonds is 9. The van der Waals surface area contributed by atoms with E-state index in [-0.39, 0.29) is 5.82 Å². The second-order valence-corrected chi connectivity index (χ2v) is 7.05. The van der Waals surface area contributed by atoms with Gasteiger partial charge in [0.2, 0.25) is 0 Å². The number of nitrogens with zero attached hydrogens (tertiary/aromatic N) is 5. The normalized spacial score (nSPS) is 11.2. The fourth-order valence-corrected chi connectivity index (χ4v) is 3.50. The van der Waals surface area contributed by atoms with E-state index in [0.717, 1.165) is 43.1 Å². The van der Waals surface area contributed by atoms with E-state index >= 15 is 0 Å². The SMILES string of the molecule is Fc1cccc(CN(CCCn2ccnc2)Cc2cccn2-c2ccccn2)c1. The summed E-state index contributed by atoms with van der Waals surface area (Å²) in [5.74, 6) is 0.703. The Morgan fingerprint density at radius 1 is 0.931 bits per heavy atom. The molecule has 0 fully saturated rings. The molecule has 3 aromatic heterocycles. The summed E-state index contributed by atoms with van der Waals surface area (Å²) in [5, 5.41) is 0. The number of hydrogen-bond acceptors (Lipinski definition) is 3. The van der Waals surface area contributed by atoms with Gasteiger partial charge in [-0.2, -0.15) is 0 Å². The number of halogens is 1. The van der Waals surface area contributed by atoms with Crippen molar-refractivity contribution in [3.05, 3.63) is 103 Å². The lowest BCUT2D eigenvalue weighted by atomic mass is 10.2. The predicted octanol–water partition coefficient (Wildman–Crippen LogP) is 4.30. The van der Waals surface area contributed by atoms with Crippen LogP contribution >= 0.6 is 0 Å². The van der Waals surface area contributed by atoms with Crippen molar-refractivity contribution >= 4 is 0 Å². The lowest BCUT2D eigenvalue weighted by Gasteiger charge is -2.23. The van der Waals surface area contributed by atoms with Gasteiger partial charge < -0.3 is 9.13 Å². The molecule has 0 saturated carbocycles. The Hall–Kier alpha value is -3.25. The maximum Gasteiger partial charge on any atom is 0.136 e. The largest absolute Gasteiger partial charge is 0.337 e. The van der Waals surface area contributed by atoms with Crippen molar-refractivity contribution in [2.24, 2.45) is 0 Å². The molecule has 0 saturated heterocycles. The van der Waals surface area contributed by atoms with Crippen molar-refractivity contribution in [2.45, 2.75) is 26.1 Å². The van der Waals surface area contributed by atoms with Gasteiger partial charge in [-0.15, -0.1) is 0 Å².